The van der Waals surface area contributed by atoms with E-state index in [0.717, 1.165) is 12.1 Å². The molecular weight excluding hydrogens is 271 g/mol. The number of benzene rings is 1. The van der Waals surface area contributed by atoms with Crippen molar-refractivity contribution in [1.29, 1.82) is 0 Å². The summed E-state index contributed by atoms with van der Waals surface area (Å²) in [6.45, 7) is 8.07. The molecule has 0 fully saturated rings. The summed E-state index contributed by atoms with van der Waals surface area (Å²) in [7, 11) is 1.72. The van der Waals surface area contributed by atoms with Crippen LogP contribution in [0.25, 0.3) is 0 Å². The second-order valence-electron chi connectivity index (χ2n) is 5.47. The van der Waals surface area contributed by atoms with Gasteiger partial charge in [0.1, 0.15) is 11.6 Å². The number of hydrogen-bond donors (Lipinski definition) is 1. The van der Waals surface area contributed by atoms with E-state index in [9.17, 15) is 9.18 Å². The third kappa shape index (κ3) is 6.12. The van der Waals surface area contributed by atoms with Gasteiger partial charge in [-0.05, 0) is 37.6 Å². The van der Waals surface area contributed by atoms with Crippen molar-refractivity contribution in [2.45, 2.75) is 27.3 Å². The maximum absolute atomic E-state index is 13.4. The van der Waals surface area contributed by atoms with E-state index in [0.29, 0.717) is 24.8 Å². The molecule has 0 atom stereocenters. The first-order chi connectivity index (χ1) is 9.93. The van der Waals surface area contributed by atoms with E-state index in [-0.39, 0.29) is 18.3 Å². The molecule has 0 unspecified atom stereocenters. The fourth-order valence-corrected chi connectivity index (χ4v) is 1.75. The molecule has 1 rings (SSSR count). The van der Waals surface area contributed by atoms with Gasteiger partial charge >= 0.3 is 0 Å². The Morgan fingerprint density at radius 3 is 2.76 bits per heavy atom. The van der Waals surface area contributed by atoms with Crippen molar-refractivity contribution in [2.75, 3.05) is 26.7 Å². The molecule has 0 aliphatic heterocycles. The summed E-state index contributed by atoms with van der Waals surface area (Å²) in [5.41, 5.74) is 0.725. The van der Waals surface area contributed by atoms with Crippen LogP contribution in [-0.4, -0.2) is 37.6 Å². The van der Waals surface area contributed by atoms with Gasteiger partial charge in [0.15, 0.2) is 6.61 Å². The molecule has 0 spiro atoms. The molecule has 5 heteroatoms. The molecule has 1 amide bonds. The first-order valence-electron chi connectivity index (χ1n) is 7.30. The Kier molecular flexibility index (Phi) is 7.15. The highest BCUT2D eigenvalue weighted by molar-refractivity contribution is 5.77. The number of carbonyl (C=O) groups is 1. The predicted molar refractivity (Wildman–Crippen MR) is 81.8 cm³/mol. The zero-order chi connectivity index (χ0) is 15.8. The van der Waals surface area contributed by atoms with Crippen molar-refractivity contribution in [3.8, 4) is 5.75 Å². The van der Waals surface area contributed by atoms with Gasteiger partial charge in [-0.25, -0.2) is 4.39 Å². The Bertz CT molecular complexity index is 464. The van der Waals surface area contributed by atoms with Crippen molar-refractivity contribution in [1.82, 2.24) is 10.2 Å². The van der Waals surface area contributed by atoms with Crippen LogP contribution in [0, 0.1) is 11.7 Å². The van der Waals surface area contributed by atoms with Crippen LogP contribution in [0.15, 0.2) is 18.2 Å². The molecule has 0 aliphatic carbocycles. The van der Waals surface area contributed by atoms with Gasteiger partial charge < -0.3 is 15.0 Å². The Morgan fingerprint density at radius 1 is 1.43 bits per heavy atom. The molecule has 1 aromatic carbocycles. The van der Waals surface area contributed by atoms with E-state index in [2.05, 4.69) is 19.2 Å². The average molecular weight is 296 g/mol. The van der Waals surface area contributed by atoms with Gasteiger partial charge in [-0.2, -0.15) is 0 Å². The summed E-state index contributed by atoms with van der Waals surface area (Å²) in [5, 5.41) is 3.25. The number of carbonyl (C=O) groups excluding carboxylic acids is 1. The summed E-state index contributed by atoms with van der Waals surface area (Å²) < 4.78 is 18.9. The Labute approximate surface area is 126 Å². The largest absolute Gasteiger partial charge is 0.483 e. The number of likely N-dealkylation sites (N-methyl/N-ethyl adjacent to an activating group) is 1. The number of ether oxygens (including phenoxy) is 1. The molecule has 1 N–H and O–H groups in total. The zero-order valence-corrected chi connectivity index (χ0v) is 13.3. The van der Waals surface area contributed by atoms with Gasteiger partial charge in [-0.1, -0.05) is 13.8 Å². The molecule has 118 valence electrons. The van der Waals surface area contributed by atoms with Crippen molar-refractivity contribution < 1.29 is 13.9 Å². The molecule has 0 bridgehead atoms. The van der Waals surface area contributed by atoms with Crippen LogP contribution in [0.5, 0.6) is 5.75 Å². The molecule has 1 aromatic rings. The lowest BCUT2D eigenvalue weighted by Gasteiger charge is -2.17. The number of hydrogen-bond acceptors (Lipinski definition) is 3. The van der Waals surface area contributed by atoms with Gasteiger partial charge in [0, 0.05) is 25.7 Å². The van der Waals surface area contributed by atoms with Crippen molar-refractivity contribution in [3.63, 3.8) is 0 Å². The van der Waals surface area contributed by atoms with Crippen LogP contribution in [0.4, 0.5) is 4.39 Å². The highest BCUT2D eigenvalue weighted by Crippen LogP contribution is 2.19. The van der Waals surface area contributed by atoms with Gasteiger partial charge in [0.25, 0.3) is 5.91 Å². The summed E-state index contributed by atoms with van der Waals surface area (Å²) in [4.78, 5) is 13.3. The summed E-state index contributed by atoms with van der Waals surface area (Å²) >= 11 is 0. The fourth-order valence-electron chi connectivity index (χ4n) is 1.75. The highest BCUT2D eigenvalue weighted by Gasteiger charge is 2.10. The topological polar surface area (TPSA) is 41.6 Å². The molecule has 21 heavy (non-hydrogen) atoms. The predicted octanol–water partition coefficient (Wildman–Crippen LogP) is 2.43. The third-order valence-corrected chi connectivity index (χ3v) is 3.14. The summed E-state index contributed by atoms with van der Waals surface area (Å²) in [6, 6.07) is 4.35. The van der Waals surface area contributed by atoms with Crippen molar-refractivity contribution in [3.05, 3.63) is 29.6 Å². The van der Waals surface area contributed by atoms with Crippen LogP contribution in [0.2, 0.25) is 0 Å². The molecule has 0 saturated heterocycles. The van der Waals surface area contributed by atoms with Crippen LogP contribution in [-0.2, 0) is 11.3 Å². The number of amides is 1. The quantitative estimate of drug-likeness (QED) is 0.801. The van der Waals surface area contributed by atoms with Crippen LogP contribution in [0.1, 0.15) is 26.3 Å². The Hall–Kier alpha value is -1.62. The first kappa shape index (κ1) is 17.4. The molecule has 0 saturated carbocycles. The molecule has 0 heterocycles. The molecule has 0 aromatic heterocycles. The molecule has 4 nitrogen and oxygen atoms in total. The minimum atomic E-state index is -0.305. The fraction of sp³-hybridized carbons (Fsp3) is 0.562. The number of nitrogens with zero attached hydrogens (tertiary/aromatic N) is 1. The lowest BCUT2D eigenvalue weighted by atomic mass is 10.1. The maximum atomic E-state index is 13.4. The van der Waals surface area contributed by atoms with Crippen molar-refractivity contribution in [2.24, 2.45) is 5.92 Å². The van der Waals surface area contributed by atoms with Crippen molar-refractivity contribution >= 4 is 5.91 Å². The van der Waals surface area contributed by atoms with Gasteiger partial charge in [-0.3, -0.25) is 4.79 Å². The zero-order valence-electron chi connectivity index (χ0n) is 13.3. The number of halogens is 1. The van der Waals surface area contributed by atoms with Gasteiger partial charge in [-0.15, -0.1) is 0 Å². The normalized spacial score (nSPS) is 10.8. The van der Waals surface area contributed by atoms with E-state index >= 15 is 0 Å². The number of rotatable bonds is 8. The molecular formula is C16H25FN2O2. The van der Waals surface area contributed by atoms with E-state index in [1.165, 1.54) is 12.1 Å². The van der Waals surface area contributed by atoms with E-state index in [1.807, 2.05) is 6.92 Å². The standard InChI is InChI=1S/C16H25FN2O2/c1-5-19(4)16(20)11-21-15-7-6-14(17)8-13(15)10-18-9-12(2)3/h6-8,12,18H,5,9-11H2,1-4H3. The SMILES string of the molecule is CCN(C)C(=O)COc1ccc(F)cc1CNCC(C)C. The summed E-state index contributed by atoms with van der Waals surface area (Å²) in [6.07, 6.45) is 0. The first-order valence-corrected chi connectivity index (χ1v) is 7.30. The van der Waals surface area contributed by atoms with Crippen LogP contribution >= 0.6 is 0 Å². The summed E-state index contributed by atoms with van der Waals surface area (Å²) in [5.74, 6) is 0.664. The van der Waals surface area contributed by atoms with Crippen LogP contribution < -0.4 is 10.1 Å². The lowest BCUT2D eigenvalue weighted by Crippen LogP contribution is -2.31. The second-order valence-corrected chi connectivity index (χ2v) is 5.47. The van der Waals surface area contributed by atoms with Gasteiger partial charge in [0.2, 0.25) is 0 Å². The second kappa shape index (κ2) is 8.62. The van der Waals surface area contributed by atoms with E-state index in [4.69, 9.17) is 4.74 Å². The molecule has 0 aliphatic rings. The maximum Gasteiger partial charge on any atom is 0.260 e. The van der Waals surface area contributed by atoms with E-state index in [1.54, 1.807) is 18.0 Å². The Morgan fingerprint density at radius 2 is 2.14 bits per heavy atom. The minimum absolute atomic E-state index is 0.0346. The average Bonchev–Trinajstić information content (AvgIpc) is 2.44. The Balaban J connectivity index is 2.66. The smallest absolute Gasteiger partial charge is 0.260 e. The van der Waals surface area contributed by atoms with Gasteiger partial charge in [0.05, 0.1) is 0 Å². The highest BCUT2D eigenvalue weighted by atomic mass is 19.1. The molecule has 0 radical (unpaired) electrons. The van der Waals surface area contributed by atoms with E-state index < -0.39 is 0 Å². The van der Waals surface area contributed by atoms with Crippen LogP contribution in [0.3, 0.4) is 0 Å². The monoisotopic (exact) mass is 296 g/mol. The number of nitrogens with one attached hydrogen (secondary N) is 1. The third-order valence-electron chi connectivity index (χ3n) is 3.14. The lowest BCUT2D eigenvalue weighted by molar-refractivity contribution is -0.131. The minimum Gasteiger partial charge on any atom is -0.483 e.